The Morgan fingerprint density at radius 3 is 2.83 bits per heavy atom. The second kappa shape index (κ2) is 6.75. The van der Waals surface area contributed by atoms with Gasteiger partial charge in [0.25, 0.3) is 0 Å². The molecule has 1 atom stereocenters. The Kier molecular flexibility index (Phi) is 5.15. The zero-order chi connectivity index (χ0) is 17.2. The second-order valence-electron chi connectivity index (χ2n) is 4.90. The molecule has 0 saturated heterocycles. The summed E-state index contributed by atoms with van der Waals surface area (Å²) in [5, 5.41) is 21.7. The predicted molar refractivity (Wildman–Crippen MR) is 80.3 cm³/mol. The first-order valence-corrected chi connectivity index (χ1v) is 7.51. The molecule has 0 saturated carbocycles. The van der Waals surface area contributed by atoms with Crippen LogP contribution in [0.4, 0.5) is 13.2 Å². The van der Waals surface area contributed by atoms with Crippen LogP contribution < -0.4 is 9.97 Å². The normalized spacial score (nSPS) is 17.2. The van der Waals surface area contributed by atoms with Crippen molar-refractivity contribution >= 4 is 24.8 Å². The van der Waals surface area contributed by atoms with Gasteiger partial charge in [0.15, 0.2) is 0 Å². The molecule has 0 amide bonds. The number of nitrogens with one attached hydrogen (secondary N) is 1. The van der Waals surface area contributed by atoms with E-state index in [1.807, 2.05) is 0 Å². The second-order valence-corrected chi connectivity index (χ2v) is 5.94. The SMILES string of the molecule is C=C(CSC(F)(F)F)N[C@H]1Cc2cccc(C(=O)O)c2OB1O. The average Bonchev–Trinajstić information content (AvgIpc) is 2.44. The highest BCUT2D eigenvalue weighted by Crippen LogP contribution is 2.32. The molecule has 1 aliphatic rings. The molecule has 0 radical (unpaired) electrons. The van der Waals surface area contributed by atoms with Crippen LogP contribution in [0.2, 0.25) is 0 Å². The summed E-state index contributed by atoms with van der Waals surface area (Å²) >= 11 is -0.239. The number of carboxylic acids is 1. The van der Waals surface area contributed by atoms with E-state index in [9.17, 15) is 23.0 Å². The van der Waals surface area contributed by atoms with Crippen molar-refractivity contribution in [2.45, 2.75) is 17.9 Å². The molecule has 1 aromatic carbocycles. The summed E-state index contributed by atoms with van der Waals surface area (Å²) < 4.78 is 41.7. The summed E-state index contributed by atoms with van der Waals surface area (Å²) in [6.45, 7) is 3.50. The zero-order valence-corrected chi connectivity index (χ0v) is 12.6. The lowest BCUT2D eigenvalue weighted by molar-refractivity contribution is -0.0326. The monoisotopic (exact) mass is 347 g/mol. The lowest BCUT2D eigenvalue weighted by Crippen LogP contribution is -2.51. The van der Waals surface area contributed by atoms with E-state index >= 15 is 0 Å². The number of alkyl halides is 3. The fourth-order valence-corrected chi connectivity index (χ4v) is 2.61. The molecule has 0 aliphatic carbocycles. The van der Waals surface area contributed by atoms with Gasteiger partial charge < -0.3 is 20.1 Å². The summed E-state index contributed by atoms with van der Waals surface area (Å²) in [5.74, 6) is -2.23. The van der Waals surface area contributed by atoms with Crippen molar-refractivity contribution in [3.8, 4) is 5.75 Å². The molecule has 1 aliphatic heterocycles. The molecule has 0 unspecified atom stereocenters. The third kappa shape index (κ3) is 4.58. The van der Waals surface area contributed by atoms with E-state index in [1.165, 1.54) is 12.1 Å². The number of para-hydroxylation sites is 1. The lowest BCUT2D eigenvalue weighted by Gasteiger charge is -2.30. The van der Waals surface area contributed by atoms with Gasteiger partial charge in [-0.05, 0) is 29.8 Å². The van der Waals surface area contributed by atoms with Crippen LogP contribution in [0.1, 0.15) is 15.9 Å². The Morgan fingerprint density at radius 1 is 1.52 bits per heavy atom. The van der Waals surface area contributed by atoms with Crippen molar-refractivity contribution in [2.24, 2.45) is 0 Å². The van der Waals surface area contributed by atoms with Gasteiger partial charge in [-0.3, -0.25) is 0 Å². The minimum atomic E-state index is -4.37. The Bertz CT molecular complexity index is 626. The Hall–Kier alpha value is -1.81. The van der Waals surface area contributed by atoms with Gasteiger partial charge in [-0.1, -0.05) is 18.7 Å². The van der Waals surface area contributed by atoms with Crippen LogP contribution in [0.25, 0.3) is 0 Å². The smallest absolute Gasteiger partial charge is 0.534 e. The van der Waals surface area contributed by atoms with Gasteiger partial charge in [0.1, 0.15) is 5.75 Å². The third-order valence-corrected chi connectivity index (χ3v) is 3.97. The van der Waals surface area contributed by atoms with E-state index in [0.717, 1.165) is 0 Å². The average molecular weight is 347 g/mol. The molecule has 1 aromatic rings. The molecule has 0 aromatic heterocycles. The van der Waals surface area contributed by atoms with Gasteiger partial charge >= 0.3 is 18.6 Å². The number of hydrogen-bond donors (Lipinski definition) is 3. The maximum atomic E-state index is 12.2. The van der Waals surface area contributed by atoms with Gasteiger partial charge in [0, 0.05) is 11.4 Å². The molecule has 5 nitrogen and oxygen atoms in total. The first kappa shape index (κ1) is 17.5. The molecule has 2 rings (SSSR count). The standard InChI is InChI=1S/C13H13BF3NO4S/c1-7(6-23-13(15,16)17)18-10-5-8-3-2-4-9(12(19)20)11(8)22-14(10)21/h2-4,10,18,21H,1,5-6H2,(H,19,20)/t10-/m0/s1. The van der Waals surface area contributed by atoms with E-state index in [2.05, 4.69) is 11.9 Å². The Labute approximate surface area is 134 Å². The van der Waals surface area contributed by atoms with E-state index in [0.29, 0.717) is 5.56 Å². The van der Waals surface area contributed by atoms with Crippen molar-refractivity contribution in [3.63, 3.8) is 0 Å². The maximum absolute atomic E-state index is 12.2. The molecule has 0 bridgehead atoms. The highest BCUT2D eigenvalue weighted by atomic mass is 32.2. The number of carboxylic acid groups (broad SMARTS) is 1. The molecular weight excluding hydrogens is 334 g/mol. The van der Waals surface area contributed by atoms with Crippen molar-refractivity contribution < 1.29 is 32.8 Å². The van der Waals surface area contributed by atoms with Crippen LogP contribution in [0, 0.1) is 0 Å². The lowest BCUT2D eigenvalue weighted by atomic mass is 9.72. The number of thioether (sulfide) groups is 1. The molecule has 3 N–H and O–H groups in total. The molecule has 0 spiro atoms. The summed E-state index contributed by atoms with van der Waals surface area (Å²) in [6.07, 6.45) is 0.202. The van der Waals surface area contributed by atoms with Crippen LogP contribution in [-0.2, 0) is 6.42 Å². The van der Waals surface area contributed by atoms with Crippen LogP contribution in [0.5, 0.6) is 5.75 Å². The maximum Gasteiger partial charge on any atom is 0.546 e. The minimum absolute atomic E-state index is 0.0702. The van der Waals surface area contributed by atoms with Crippen molar-refractivity contribution in [1.29, 1.82) is 0 Å². The summed E-state index contributed by atoms with van der Waals surface area (Å²) in [5.41, 5.74) is -3.80. The van der Waals surface area contributed by atoms with E-state index < -0.39 is 30.3 Å². The highest BCUT2D eigenvalue weighted by molar-refractivity contribution is 8.00. The van der Waals surface area contributed by atoms with E-state index in [4.69, 9.17) is 9.76 Å². The fraction of sp³-hybridized carbons (Fsp3) is 0.308. The van der Waals surface area contributed by atoms with Crippen molar-refractivity contribution in [2.75, 3.05) is 5.75 Å². The number of benzene rings is 1. The van der Waals surface area contributed by atoms with Crippen molar-refractivity contribution in [3.05, 3.63) is 41.6 Å². The van der Waals surface area contributed by atoms with E-state index in [-0.39, 0.29) is 35.2 Å². The third-order valence-electron chi connectivity index (χ3n) is 3.15. The first-order chi connectivity index (χ1) is 10.7. The van der Waals surface area contributed by atoms with Crippen LogP contribution in [0.3, 0.4) is 0 Å². The summed E-state index contributed by atoms with van der Waals surface area (Å²) in [4.78, 5) is 11.1. The number of halogens is 3. The number of carbonyl (C=O) groups is 1. The molecule has 0 fully saturated rings. The Balaban J connectivity index is 2.06. The van der Waals surface area contributed by atoms with Gasteiger partial charge in [-0.2, -0.15) is 13.2 Å². The van der Waals surface area contributed by atoms with E-state index in [1.54, 1.807) is 6.07 Å². The van der Waals surface area contributed by atoms with Crippen LogP contribution in [0.15, 0.2) is 30.5 Å². The van der Waals surface area contributed by atoms with Crippen LogP contribution in [-0.4, -0.2) is 40.4 Å². The topological polar surface area (TPSA) is 78.8 Å². The number of rotatable bonds is 5. The van der Waals surface area contributed by atoms with Crippen LogP contribution >= 0.6 is 11.8 Å². The quantitative estimate of drug-likeness (QED) is 0.708. The molecule has 124 valence electrons. The number of hydrogen-bond acceptors (Lipinski definition) is 5. The van der Waals surface area contributed by atoms with Crippen molar-refractivity contribution in [1.82, 2.24) is 5.32 Å². The molecule has 10 heteroatoms. The Morgan fingerprint density at radius 2 is 2.22 bits per heavy atom. The molecule has 23 heavy (non-hydrogen) atoms. The van der Waals surface area contributed by atoms with Gasteiger partial charge in [-0.15, -0.1) is 0 Å². The van der Waals surface area contributed by atoms with Gasteiger partial charge in [-0.25, -0.2) is 4.79 Å². The fourth-order valence-electron chi connectivity index (χ4n) is 2.19. The molecular formula is C13H13BF3NO4S. The first-order valence-electron chi connectivity index (χ1n) is 6.52. The van der Waals surface area contributed by atoms with Gasteiger partial charge in [0.2, 0.25) is 0 Å². The minimum Gasteiger partial charge on any atom is -0.534 e. The zero-order valence-electron chi connectivity index (χ0n) is 11.8. The highest BCUT2D eigenvalue weighted by Gasteiger charge is 2.37. The molecule has 1 heterocycles. The largest absolute Gasteiger partial charge is 0.546 e. The summed E-state index contributed by atoms with van der Waals surface area (Å²) in [7, 11) is -1.39. The predicted octanol–water partition coefficient (Wildman–Crippen LogP) is 2.06. The summed E-state index contributed by atoms with van der Waals surface area (Å²) in [6, 6.07) is 4.52. The number of fused-ring (bicyclic) bond motifs is 1. The van der Waals surface area contributed by atoms with Gasteiger partial charge in [0.05, 0.1) is 11.5 Å². The number of aromatic carboxylic acids is 1.